The number of nitrogens with zero attached hydrogens (tertiary/aromatic N) is 2. The average molecular weight is 266 g/mol. The van der Waals surface area contributed by atoms with Crippen LogP contribution in [0.1, 0.15) is 25.8 Å². The lowest BCUT2D eigenvalue weighted by Gasteiger charge is -2.25. The van der Waals surface area contributed by atoms with Crippen LogP contribution in [-0.4, -0.2) is 17.1 Å². The maximum Gasteiger partial charge on any atom is 0.222 e. The molecule has 0 fully saturated rings. The van der Waals surface area contributed by atoms with Gasteiger partial charge in [-0.2, -0.15) is 0 Å². The minimum Gasteiger partial charge on any atom is -0.481 e. The summed E-state index contributed by atoms with van der Waals surface area (Å²) >= 11 is 5.97. The molecule has 2 N–H and O–H groups in total. The maximum atomic E-state index is 6.30. The molecule has 0 aromatic carbocycles. The van der Waals surface area contributed by atoms with Gasteiger partial charge in [0.15, 0.2) is 0 Å². The van der Waals surface area contributed by atoms with Crippen LogP contribution in [0.5, 0.6) is 5.88 Å². The molecule has 0 aliphatic rings. The van der Waals surface area contributed by atoms with Crippen LogP contribution in [0.2, 0.25) is 5.15 Å². The van der Waals surface area contributed by atoms with Gasteiger partial charge in [0.1, 0.15) is 5.15 Å². The fraction of sp³-hybridized carbons (Fsp3) is 0.385. The first-order valence-electron chi connectivity index (χ1n) is 5.77. The second-order valence-electron chi connectivity index (χ2n) is 4.50. The molecule has 2 aromatic rings. The van der Waals surface area contributed by atoms with Crippen molar-refractivity contribution in [3.8, 4) is 5.88 Å². The molecule has 96 valence electrons. The lowest BCUT2D eigenvalue weighted by molar-refractivity contribution is 0.401. The number of aromatic nitrogens is 2. The summed E-state index contributed by atoms with van der Waals surface area (Å²) in [6, 6.07) is 1.80. The number of ether oxygens (including phenoxy) is 1. The summed E-state index contributed by atoms with van der Waals surface area (Å²) in [6.45, 7) is 4.02. The molecule has 18 heavy (non-hydrogen) atoms. The first-order valence-corrected chi connectivity index (χ1v) is 6.15. The van der Waals surface area contributed by atoms with Gasteiger partial charge in [-0.3, -0.25) is 0 Å². The van der Waals surface area contributed by atoms with Crippen LogP contribution in [0, 0.1) is 0 Å². The third-order valence-corrected chi connectivity index (χ3v) is 3.45. The first-order chi connectivity index (χ1) is 8.49. The third-order valence-electron chi connectivity index (χ3n) is 3.25. The van der Waals surface area contributed by atoms with Crippen LogP contribution >= 0.6 is 11.6 Å². The van der Waals surface area contributed by atoms with Crippen molar-refractivity contribution in [3.63, 3.8) is 0 Å². The Hall–Kier alpha value is -1.39. The third kappa shape index (κ3) is 2.13. The fourth-order valence-corrected chi connectivity index (χ4v) is 2.05. The van der Waals surface area contributed by atoms with E-state index in [0.717, 1.165) is 22.8 Å². The number of halogens is 1. The maximum absolute atomic E-state index is 6.30. The number of nitrogens with two attached hydrogens (primary N) is 1. The molecule has 0 unspecified atom stereocenters. The minimum absolute atomic E-state index is 0.434. The Morgan fingerprint density at radius 3 is 2.67 bits per heavy atom. The number of rotatable bonds is 3. The molecule has 5 heteroatoms. The van der Waals surface area contributed by atoms with Gasteiger partial charge >= 0.3 is 0 Å². The SMILES string of the molecule is CC[C@@](C)(N)c1cnc(OC)c2cnc(Cl)cc12. The van der Waals surface area contributed by atoms with Gasteiger partial charge in [0.05, 0.1) is 12.5 Å². The summed E-state index contributed by atoms with van der Waals surface area (Å²) in [5, 5.41) is 2.20. The molecule has 1 atom stereocenters. The highest BCUT2D eigenvalue weighted by Gasteiger charge is 2.23. The predicted molar refractivity (Wildman–Crippen MR) is 72.9 cm³/mol. The number of hydrogen-bond donors (Lipinski definition) is 1. The lowest BCUT2D eigenvalue weighted by Crippen LogP contribution is -2.32. The van der Waals surface area contributed by atoms with Gasteiger partial charge in [-0.15, -0.1) is 0 Å². The molecule has 2 heterocycles. The molecule has 0 saturated carbocycles. The average Bonchev–Trinajstić information content (AvgIpc) is 2.36. The van der Waals surface area contributed by atoms with Gasteiger partial charge in [0, 0.05) is 17.9 Å². The second-order valence-corrected chi connectivity index (χ2v) is 4.89. The Labute approximate surface area is 111 Å². The van der Waals surface area contributed by atoms with Crippen LogP contribution in [0.25, 0.3) is 10.8 Å². The zero-order valence-electron chi connectivity index (χ0n) is 10.7. The van der Waals surface area contributed by atoms with E-state index >= 15 is 0 Å². The highest BCUT2D eigenvalue weighted by molar-refractivity contribution is 6.30. The summed E-state index contributed by atoms with van der Waals surface area (Å²) in [5.74, 6) is 0.532. The van der Waals surface area contributed by atoms with E-state index in [1.807, 2.05) is 13.8 Å². The zero-order valence-corrected chi connectivity index (χ0v) is 11.5. The van der Waals surface area contributed by atoms with E-state index in [-0.39, 0.29) is 0 Å². The van der Waals surface area contributed by atoms with Crippen LogP contribution in [0.4, 0.5) is 0 Å². The lowest BCUT2D eigenvalue weighted by atomic mass is 9.89. The van der Waals surface area contributed by atoms with Crippen molar-refractivity contribution in [2.75, 3.05) is 7.11 Å². The van der Waals surface area contributed by atoms with Crippen molar-refractivity contribution in [2.45, 2.75) is 25.8 Å². The summed E-state index contributed by atoms with van der Waals surface area (Å²) in [7, 11) is 1.58. The topological polar surface area (TPSA) is 61.0 Å². The molecule has 0 saturated heterocycles. The zero-order chi connectivity index (χ0) is 13.3. The summed E-state index contributed by atoms with van der Waals surface area (Å²) in [5.41, 5.74) is 6.79. The van der Waals surface area contributed by atoms with E-state index in [1.54, 1.807) is 25.6 Å². The minimum atomic E-state index is -0.456. The van der Waals surface area contributed by atoms with E-state index in [1.165, 1.54) is 0 Å². The largest absolute Gasteiger partial charge is 0.481 e. The summed E-state index contributed by atoms with van der Waals surface area (Å²) in [6.07, 6.45) is 4.22. The molecule has 0 radical (unpaired) electrons. The van der Waals surface area contributed by atoms with Crippen LogP contribution in [0.3, 0.4) is 0 Å². The van der Waals surface area contributed by atoms with E-state index < -0.39 is 5.54 Å². The second kappa shape index (κ2) is 4.71. The van der Waals surface area contributed by atoms with E-state index in [9.17, 15) is 0 Å². The number of pyridine rings is 2. The predicted octanol–water partition coefficient (Wildman–Crippen LogP) is 2.88. The Bertz CT molecular complexity index is 584. The molecule has 0 amide bonds. The van der Waals surface area contributed by atoms with Gasteiger partial charge in [0.2, 0.25) is 5.88 Å². The summed E-state index contributed by atoms with van der Waals surface area (Å²) < 4.78 is 5.23. The van der Waals surface area contributed by atoms with E-state index in [0.29, 0.717) is 11.0 Å². The van der Waals surface area contributed by atoms with Crippen molar-refractivity contribution >= 4 is 22.4 Å². The van der Waals surface area contributed by atoms with Crippen molar-refractivity contribution in [1.29, 1.82) is 0 Å². The van der Waals surface area contributed by atoms with Crippen molar-refractivity contribution in [3.05, 3.63) is 29.2 Å². The smallest absolute Gasteiger partial charge is 0.222 e. The molecule has 0 aliphatic carbocycles. The Morgan fingerprint density at radius 1 is 1.33 bits per heavy atom. The van der Waals surface area contributed by atoms with Gasteiger partial charge in [0.25, 0.3) is 0 Å². The quantitative estimate of drug-likeness (QED) is 0.867. The molecule has 4 nitrogen and oxygen atoms in total. The van der Waals surface area contributed by atoms with Crippen molar-refractivity contribution in [2.24, 2.45) is 5.73 Å². The normalized spacial score (nSPS) is 14.5. The van der Waals surface area contributed by atoms with Crippen LogP contribution in [0.15, 0.2) is 18.5 Å². The Balaban J connectivity index is 2.80. The molecule has 0 spiro atoms. The molecule has 0 aliphatic heterocycles. The highest BCUT2D eigenvalue weighted by Crippen LogP contribution is 2.33. The highest BCUT2D eigenvalue weighted by atomic mass is 35.5. The fourth-order valence-electron chi connectivity index (χ4n) is 1.89. The van der Waals surface area contributed by atoms with E-state index in [4.69, 9.17) is 22.1 Å². The monoisotopic (exact) mass is 265 g/mol. The number of fused-ring (bicyclic) bond motifs is 1. The van der Waals surface area contributed by atoms with Crippen molar-refractivity contribution < 1.29 is 4.74 Å². The summed E-state index contributed by atoms with van der Waals surface area (Å²) in [4.78, 5) is 8.35. The Kier molecular flexibility index (Phi) is 3.41. The van der Waals surface area contributed by atoms with Crippen molar-refractivity contribution in [1.82, 2.24) is 9.97 Å². The molecule has 2 rings (SSSR count). The van der Waals surface area contributed by atoms with E-state index in [2.05, 4.69) is 9.97 Å². The van der Waals surface area contributed by atoms with Gasteiger partial charge in [-0.25, -0.2) is 9.97 Å². The molecular weight excluding hydrogens is 250 g/mol. The number of hydrogen-bond acceptors (Lipinski definition) is 4. The Morgan fingerprint density at radius 2 is 2.06 bits per heavy atom. The van der Waals surface area contributed by atoms with Crippen LogP contribution in [-0.2, 0) is 5.54 Å². The van der Waals surface area contributed by atoms with Gasteiger partial charge < -0.3 is 10.5 Å². The van der Waals surface area contributed by atoms with Gasteiger partial charge in [-0.05, 0) is 30.4 Å². The molecule has 2 aromatic heterocycles. The molecule has 0 bridgehead atoms. The first kappa shape index (κ1) is 13.1. The molecular formula is C13H16ClN3O. The van der Waals surface area contributed by atoms with Crippen LogP contribution < -0.4 is 10.5 Å². The van der Waals surface area contributed by atoms with Gasteiger partial charge in [-0.1, -0.05) is 18.5 Å². The number of methoxy groups -OCH3 is 1. The standard InChI is InChI=1S/C13H16ClN3O/c1-4-13(2,15)10-7-17-12(18-3)9-6-16-11(14)5-8(9)10/h5-7H,4,15H2,1-3H3/t13-/m1/s1.